The highest BCUT2D eigenvalue weighted by atomic mass is 32.2. The predicted molar refractivity (Wildman–Crippen MR) is 127 cm³/mol. The molecule has 1 aromatic heterocycles. The van der Waals surface area contributed by atoms with E-state index >= 15 is 0 Å². The van der Waals surface area contributed by atoms with Crippen LogP contribution in [-0.2, 0) is 13.6 Å². The molecular formula is C23H26N6O3S. The Hall–Kier alpha value is -3.40. The summed E-state index contributed by atoms with van der Waals surface area (Å²) in [5.41, 5.74) is 2.36. The van der Waals surface area contributed by atoms with Crippen LogP contribution in [0.2, 0.25) is 0 Å². The van der Waals surface area contributed by atoms with Crippen LogP contribution < -0.4 is 4.90 Å². The molecule has 1 amide bonds. The summed E-state index contributed by atoms with van der Waals surface area (Å²) in [6, 6.07) is 12.8. The van der Waals surface area contributed by atoms with Gasteiger partial charge in [0.15, 0.2) is 5.16 Å². The number of hydrogen-bond donors (Lipinski definition) is 0. The standard InChI is InChI=1S/C23H26N6O3S/c1-26(15-17-6-9-19(10-7-17)28-12-4-3-5-13-28)22(30)18-8-11-21(20(14-18)29(31)32)33-23-25-24-16-27(23)2/h6-11,14,16H,3-5,12-13,15H2,1-2H3. The topological polar surface area (TPSA) is 97.4 Å². The monoisotopic (exact) mass is 466 g/mol. The van der Waals surface area contributed by atoms with Gasteiger partial charge in [0.25, 0.3) is 11.6 Å². The van der Waals surface area contributed by atoms with Gasteiger partial charge < -0.3 is 14.4 Å². The van der Waals surface area contributed by atoms with Gasteiger partial charge in [-0.3, -0.25) is 14.9 Å². The molecule has 172 valence electrons. The first-order valence-electron chi connectivity index (χ1n) is 10.8. The van der Waals surface area contributed by atoms with Crippen LogP contribution in [0.3, 0.4) is 0 Å². The molecule has 2 aromatic carbocycles. The Labute approximate surface area is 196 Å². The average Bonchev–Trinajstić information content (AvgIpc) is 3.24. The lowest BCUT2D eigenvalue weighted by atomic mass is 10.1. The van der Waals surface area contributed by atoms with Crippen LogP contribution >= 0.6 is 11.8 Å². The Bertz CT molecular complexity index is 1140. The lowest BCUT2D eigenvalue weighted by Gasteiger charge is -2.29. The van der Waals surface area contributed by atoms with Crippen molar-refractivity contribution in [2.45, 2.75) is 35.9 Å². The van der Waals surface area contributed by atoms with E-state index < -0.39 is 4.92 Å². The van der Waals surface area contributed by atoms with Gasteiger partial charge in [-0.2, -0.15) is 0 Å². The molecular weight excluding hydrogens is 440 g/mol. The van der Waals surface area contributed by atoms with Gasteiger partial charge in [0.05, 0.1) is 9.82 Å². The van der Waals surface area contributed by atoms with E-state index in [-0.39, 0.29) is 17.2 Å². The van der Waals surface area contributed by atoms with E-state index in [1.54, 1.807) is 35.7 Å². The smallest absolute Gasteiger partial charge is 0.284 e. The first kappa shape index (κ1) is 22.8. The molecule has 0 aliphatic carbocycles. The first-order valence-corrected chi connectivity index (χ1v) is 11.6. The van der Waals surface area contributed by atoms with Crippen LogP contribution in [-0.4, -0.2) is 50.6 Å². The third-order valence-electron chi connectivity index (χ3n) is 5.70. The Morgan fingerprint density at radius 2 is 1.88 bits per heavy atom. The number of amides is 1. The maximum atomic E-state index is 13.0. The highest BCUT2D eigenvalue weighted by Crippen LogP contribution is 2.34. The molecule has 0 atom stereocenters. The molecule has 0 unspecified atom stereocenters. The number of anilines is 1. The van der Waals surface area contributed by atoms with Gasteiger partial charge in [-0.15, -0.1) is 10.2 Å². The summed E-state index contributed by atoms with van der Waals surface area (Å²) in [5, 5.41) is 19.9. The molecule has 0 saturated carbocycles. The third-order valence-corrected chi connectivity index (χ3v) is 6.82. The van der Waals surface area contributed by atoms with E-state index in [9.17, 15) is 14.9 Å². The SMILES string of the molecule is CN(Cc1ccc(N2CCCCC2)cc1)C(=O)c1ccc(Sc2nncn2C)c([N+](=O)[O-])c1. The van der Waals surface area contributed by atoms with E-state index in [2.05, 4.69) is 27.2 Å². The van der Waals surface area contributed by atoms with E-state index in [1.165, 1.54) is 37.3 Å². The molecule has 0 radical (unpaired) electrons. The maximum Gasteiger partial charge on any atom is 0.284 e. The van der Waals surface area contributed by atoms with Crippen molar-refractivity contribution in [1.82, 2.24) is 19.7 Å². The van der Waals surface area contributed by atoms with Gasteiger partial charge in [-0.1, -0.05) is 12.1 Å². The van der Waals surface area contributed by atoms with Crippen LogP contribution in [0.25, 0.3) is 0 Å². The van der Waals surface area contributed by atoms with Gasteiger partial charge >= 0.3 is 0 Å². The Morgan fingerprint density at radius 3 is 2.52 bits per heavy atom. The zero-order valence-corrected chi connectivity index (χ0v) is 19.5. The number of nitro groups is 1. The third kappa shape index (κ3) is 5.33. The van der Waals surface area contributed by atoms with Crippen molar-refractivity contribution in [2.75, 3.05) is 25.0 Å². The second-order valence-electron chi connectivity index (χ2n) is 8.14. The minimum Gasteiger partial charge on any atom is -0.372 e. The fourth-order valence-electron chi connectivity index (χ4n) is 3.87. The molecule has 3 aromatic rings. The van der Waals surface area contributed by atoms with Gasteiger partial charge in [-0.25, -0.2) is 0 Å². The highest BCUT2D eigenvalue weighted by Gasteiger charge is 2.22. The van der Waals surface area contributed by atoms with E-state index in [0.29, 0.717) is 16.6 Å². The van der Waals surface area contributed by atoms with Crippen molar-refractivity contribution in [1.29, 1.82) is 0 Å². The summed E-state index contributed by atoms with van der Waals surface area (Å²) in [7, 11) is 3.47. The number of carbonyl (C=O) groups is 1. The van der Waals surface area contributed by atoms with Gasteiger partial charge in [0, 0.05) is 51.0 Å². The molecule has 9 nitrogen and oxygen atoms in total. The van der Waals surface area contributed by atoms with Crippen molar-refractivity contribution < 1.29 is 9.72 Å². The number of aromatic nitrogens is 3. The molecule has 2 heterocycles. The van der Waals surface area contributed by atoms with Crippen molar-refractivity contribution in [2.24, 2.45) is 7.05 Å². The number of hydrogen-bond acceptors (Lipinski definition) is 7. The Morgan fingerprint density at radius 1 is 1.15 bits per heavy atom. The quantitative estimate of drug-likeness (QED) is 0.381. The molecule has 1 aliphatic heterocycles. The average molecular weight is 467 g/mol. The normalized spacial score (nSPS) is 13.7. The summed E-state index contributed by atoms with van der Waals surface area (Å²) in [6.45, 7) is 2.59. The minimum atomic E-state index is -0.477. The zero-order valence-electron chi connectivity index (χ0n) is 18.7. The molecule has 1 aliphatic rings. The van der Waals surface area contributed by atoms with E-state index in [0.717, 1.165) is 30.4 Å². The second-order valence-corrected chi connectivity index (χ2v) is 9.15. The second kappa shape index (κ2) is 10.0. The van der Waals surface area contributed by atoms with Crippen LogP contribution in [0.1, 0.15) is 35.2 Å². The number of rotatable bonds is 7. The summed E-state index contributed by atoms with van der Waals surface area (Å²) in [4.78, 5) is 28.5. The molecule has 10 heteroatoms. The predicted octanol–water partition coefficient (Wildman–Crippen LogP) is 4.14. The minimum absolute atomic E-state index is 0.131. The van der Waals surface area contributed by atoms with Crippen LogP contribution in [0.5, 0.6) is 0 Å². The Kier molecular flexibility index (Phi) is 6.93. The molecule has 1 fully saturated rings. The van der Waals surface area contributed by atoms with Crippen molar-refractivity contribution in [3.05, 3.63) is 70.0 Å². The fourth-order valence-corrected chi connectivity index (χ4v) is 4.72. The summed E-state index contributed by atoms with van der Waals surface area (Å²) >= 11 is 1.14. The van der Waals surface area contributed by atoms with Crippen LogP contribution in [0, 0.1) is 10.1 Å². The van der Waals surface area contributed by atoms with Crippen molar-refractivity contribution in [3.8, 4) is 0 Å². The largest absolute Gasteiger partial charge is 0.372 e. The maximum absolute atomic E-state index is 13.0. The first-order chi connectivity index (χ1) is 15.9. The molecule has 33 heavy (non-hydrogen) atoms. The molecule has 0 N–H and O–H groups in total. The molecule has 4 rings (SSSR count). The van der Waals surface area contributed by atoms with Gasteiger partial charge in [0.2, 0.25) is 0 Å². The number of aryl methyl sites for hydroxylation is 1. The lowest BCUT2D eigenvalue weighted by Crippen LogP contribution is -2.29. The summed E-state index contributed by atoms with van der Waals surface area (Å²) in [5.74, 6) is -0.270. The van der Waals surface area contributed by atoms with Gasteiger partial charge in [0.1, 0.15) is 6.33 Å². The van der Waals surface area contributed by atoms with Gasteiger partial charge in [-0.05, 0) is 60.9 Å². The van der Waals surface area contributed by atoms with Crippen LogP contribution in [0.4, 0.5) is 11.4 Å². The highest BCUT2D eigenvalue weighted by molar-refractivity contribution is 7.99. The molecule has 1 saturated heterocycles. The van der Waals surface area contributed by atoms with Crippen LogP contribution in [0.15, 0.2) is 58.8 Å². The van der Waals surface area contributed by atoms with E-state index in [4.69, 9.17) is 0 Å². The number of nitro benzene ring substituents is 1. The number of benzene rings is 2. The zero-order chi connectivity index (χ0) is 23.4. The number of piperidine rings is 1. The van der Waals surface area contributed by atoms with Crippen molar-refractivity contribution >= 4 is 29.0 Å². The summed E-state index contributed by atoms with van der Waals surface area (Å²) < 4.78 is 1.68. The number of nitrogens with zero attached hydrogens (tertiary/aromatic N) is 6. The Balaban J connectivity index is 1.46. The number of carbonyl (C=O) groups excluding carboxylic acids is 1. The lowest BCUT2D eigenvalue weighted by molar-refractivity contribution is -0.387. The summed E-state index contributed by atoms with van der Waals surface area (Å²) in [6.07, 6.45) is 5.27. The van der Waals surface area contributed by atoms with E-state index in [1.807, 2.05) is 12.1 Å². The molecule has 0 bridgehead atoms. The fraction of sp³-hybridized carbons (Fsp3) is 0.348. The van der Waals surface area contributed by atoms with Crippen molar-refractivity contribution in [3.63, 3.8) is 0 Å². The molecule has 0 spiro atoms.